The average molecular weight is 321 g/mol. The van der Waals surface area contributed by atoms with E-state index in [4.69, 9.17) is 16.3 Å². The molecule has 5 nitrogen and oxygen atoms in total. The minimum Gasteiger partial charge on any atom is -0.380 e. The van der Waals surface area contributed by atoms with Crippen LogP contribution in [0.3, 0.4) is 0 Å². The van der Waals surface area contributed by atoms with Crippen molar-refractivity contribution in [2.45, 2.75) is 43.2 Å². The number of sulfonamides is 1. The maximum atomic E-state index is 12.6. The number of halogens is 1. The van der Waals surface area contributed by atoms with Gasteiger partial charge in [-0.25, -0.2) is 8.42 Å². The van der Waals surface area contributed by atoms with Gasteiger partial charge in [-0.3, -0.25) is 0 Å². The molecule has 0 saturated carbocycles. The molecule has 0 aromatic carbocycles. The molecule has 1 saturated heterocycles. The van der Waals surface area contributed by atoms with Gasteiger partial charge in [0.2, 0.25) is 10.0 Å². The second kappa shape index (κ2) is 6.05. The van der Waals surface area contributed by atoms with Gasteiger partial charge in [-0.2, -0.15) is 4.31 Å². The van der Waals surface area contributed by atoms with Gasteiger partial charge >= 0.3 is 0 Å². The van der Waals surface area contributed by atoms with E-state index in [0.29, 0.717) is 23.9 Å². The van der Waals surface area contributed by atoms with Gasteiger partial charge in [-0.1, -0.05) is 0 Å². The van der Waals surface area contributed by atoms with Gasteiger partial charge in [0.1, 0.15) is 4.90 Å². The number of nitrogens with zero attached hydrogens (tertiary/aromatic N) is 2. The van der Waals surface area contributed by atoms with Gasteiger partial charge in [0.15, 0.2) is 0 Å². The largest absolute Gasteiger partial charge is 0.380 e. The Hall–Kier alpha value is -0.560. The molecule has 0 radical (unpaired) electrons. The smallest absolute Gasteiger partial charge is 0.244 e. The highest BCUT2D eigenvalue weighted by molar-refractivity contribution is 7.89. The maximum Gasteiger partial charge on any atom is 0.244 e. The molecule has 1 unspecified atom stereocenters. The summed E-state index contributed by atoms with van der Waals surface area (Å²) in [6.45, 7) is 4.93. The molecule has 0 spiro atoms. The lowest BCUT2D eigenvalue weighted by atomic mass is 10.3. The maximum absolute atomic E-state index is 12.6. The molecule has 1 atom stereocenters. The monoisotopic (exact) mass is 320 g/mol. The third-order valence-corrected chi connectivity index (χ3v) is 5.78. The van der Waals surface area contributed by atoms with Crippen LogP contribution in [-0.2, 0) is 20.6 Å². The summed E-state index contributed by atoms with van der Waals surface area (Å²) in [5, 5.41) is 0. The standard InChI is InChI=1S/C13H21ClN2O3S/c1-10(2)16-9-13(6-11(16)7-14)20(17,18)15-5-4-12(8-15)19-3/h6,9-10,12H,4-5,7-8H2,1-3H3. The first-order valence-electron chi connectivity index (χ1n) is 6.69. The molecule has 0 N–H and O–H groups in total. The number of ether oxygens (including phenoxy) is 1. The number of hydrogen-bond donors (Lipinski definition) is 0. The molecule has 0 bridgehead atoms. The molecule has 0 amide bonds. The van der Waals surface area contributed by atoms with Gasteiger partial charge < -0.3 is 9.30 Å². The lowest BCUT2D eigenvalue weighted by molar-refractivity contribution is 0.115. The van der Waals surface area contributed by atoms with E-state index >= 15 is 0 Å². The van der Waals surface area contributed by atoms with E-state index in [0.717, 1.165) is 12.1 Å². The first-order chi connectivity index (χ1) is 9.40. The predicted octanol–water partition coefficient (Wildman–Crippen LogP) is 2.22. The van der Waals surface area contributed by atoms with Crippen molar-refractivity contribution in [2.75, 3.05) is 20.2 Å². The lowest BCUT2D eigenvalue weighted by Gasteiger charge is -2.15. The van der Waals surface area contributed by atoms with E-state index in [1.54, 1.807) is 19.4 Å². The number of rotatable bonds is 5. The van der Waals surface area contributed by atoms with Crippen molar-refractivity contribution in [1.82, 2.24) is 8.87 Å². The lowest BCUT2D eigenvalue weighted by Crippen LogP contribution is -2.29. The fraction of sp³-hybridized carbons (Fsp3) is 0.692. The van der Waals surface area contributed by atoms with Crippen molar-refractivity contribution in [3.05, 3.63) is 18.0 Å². The minimum absolute atomic E-state index is 0.00976. The van der Waals surface area contributed by atoms with Crippen LogP contribution in [0.25, 0.3) is 0 Å². The van der Waals surface area contributed by atoms with E-state index in [9.17, 15) is 8.42 Å². The highest BCUT2D eigenvalue weighted by Gasteiger charge is 2.33. The van der Waals surface area contributed by atoms with E-state index in [2.05, 4.69) is 0 Å². The van der Waals surface area contributed by atoms with Gasteiger partial charge in [-0.05, 0) is 26.3 Å². The van der Waals surface area contributed by atoms with E-state index in [-0.39, 0.29) is 12.1 Å². The second-order valence-corrected chi connectivity index (χ2v) is 7.52. The number of methoxy groups -OCH3 is 1. The fourth-order valence-corrected chi connectivity index (χ4v) is 4.24. The number of alkyl halides is 1. The van der Waals surface area contributed by atoms with Gasteiger partial charge in [0.25, 0.3) is 0 Å². The zero-order valence-electron chi connectivity index (χ0n) is 12.0. The Bertz CT molecular complexity index is 568. The van der Waals surface area contributed by atoms with Crippen molar-refractivity contribution in [3.8, 4) is 0 Å². The first-order valence-corrected chi connectivity index (χ1v) is 8.67. The third-order valence-electron chi connectivity index (χ3n) is 3.68. The molecular formula is C13H21ClN2O3S. The Morgan fingerprint density at radius 3 is 2.65 bits per heavy atom. The summed E-state index contributed by atoms with van der Waals surface area (Å²) >= 11 is 5.90. The van der Waals surface area contributed by atoms with Crippen molar-refractivity contribution in [3.63, 3.8) is 0 Å². The van der Waals surface area contributed by atoms with Crippen LogP contribution in [0, 0.1) is 0 Å². The van der Waals surface area contributed by atoms with Gasteiger partial charge in [-0.15, -0.1) is 11.6 Å². The highest BCUT2D eigenvalue weighted by Crippen LogP contribution is 2.26. The topological polar surface area (TPSA) is 51.5 Å². The van der Waals surface area contributed by atoms with Crippen molar-refractivity contribution in [1.29, 1.82) is 0 Å². The van der Waals surface area contributed by atoms with Crippen molar-refractivity contribution < 1.29 is 13.2 Å². The summed E-state index contributed by atoms with van der Waals surface area (Å²) in [6.07, 6.45) is 2.41. The Balaban J connectivity index is 2.31. The molecule has 114 valence electrons. The number of hydrogen-bond acceptors (Lipinski definition) is 3. The average Bonchev–Trinajstić information content (AvgIpc) is 3.05. The van der Waals surface area contributed by atoms with Crippen LogP contribution < -0.4 is 0 Å². The predicted molar refractivity (Wildman–Crippen MR) is 78.5 cm³/mol. The molecule has 0 aliphatic carbocycles. The zero-order chi connectivity index (χ0) is 14.9. The molecule has 7 heteroatoms. The Morgan fingerprint density at radius 1 is 1.50 bits per heavy atom. The summed E-state index contributed by atoms with van der Waals surface area (Å²) in [4.78, 5) is 0.318. The van der Waals surface area contributed by atoms with Crippen LogP contribution in [0.1, 0.15) is 32.0 Å². The molecular weight excluding hydrogens is 300 g/mol. The summed E-state index contributed by atoms with van der Waals surface area (Å²) < 4.78 is 33.8. The van der Waals surface area contributed by atoms with Crippen LogP contribution in [0.15, 0.2) is 17.2 Å². The quantitative estimate of drug-likeness (QED) is 0.782. The molecule has 1 aliphatic heterocycles. The first kappa shape index (κ1) is 15.8. The van der Waals surface area contributed by atoms with Gasteiger partial charge in [0, 0.05) is 38.1 Å². The summed E-state index contributed by atoms with van der Waals surface area (Å²) in [7, 11) is -1.84. The Labute approximate surface area is 125 Å². The van der Waals surface area contributed by atoms with E-state index in [1.165, 1.54) is 4.31 Å². The van der Waals surface area contributed by atoms with E-state index in [1.807, 2.05) is 18.4 Å². The Kier molecular flexibility index (Phi) is 4.79. The molecule has 1 aromatic rings. The molecule has 2 heterocycles. The molecule has 1 fully saturated rings. The normalized spacial score (nSPS) is 20.9. The molecule has 1 aliphatic rings. The Morgan fingerprint density at radius 2 is 2.20 bits per heavy atom. The fourth-order valence-electron chi connectivity index (χ4n) is 2.48. The second-order valence-electron chi connectivity index (χ2n) is 5.31. The van der Waals surface area contributed by atoms with Gasteiger partial charge in [0.05, 0.1) is 12.0 Å². The molecule has 20 heavy (non-hydrogen) atoms. The van der Waals surface area contributed by atoms with E-state index < -0.39 is 10.0 Å². The van der Waals surface area contributed by atoms with Crippen LogP contribution in [-0.4, -0.2) is 43.6 Å². The minimum atomic E-state index is -3.45. The number of aromatic nitrogens is 1. The molecule has 2 rings (SSSR count). The zero-order valence-corrected chi connectivity index (χ0v) is 13.6. The van der Waals surface area contributed by atoms with Crippen LogP contribution in [0.4, 0.5) is 0 Å². The van der Waals surface area contributed by atoms with Crippen molar-refractivity contribution >= 4 is 21.6 Å². The molecule has 1 aromatic heterocycles. The summed E-state index contributed by atoms with van der Waals surface area (Å²) in [6, 6.07) is 1.85. The van der Waals surface area contributed by atoms with Crippen LogP contribution >= 0.6 is 11.6 Å². The van der Waals surface area contributed by atoms with Crippen molar-refractivity contribution in [2.24, 2.45) is 0 Å². The van der Waals surface area contributed by atoms with Crippen LogP contribution in [0.5, 0.6) is 0 Å². The highest BCUT2D eigenvalue weighted by atomic mass is 35.5. The summed E-state index contributed by atoms with van der Waals surface area (Å²) in [5.74, 6) is 0.300. The van der Waals surface area contributed by atoms with Crippen LogP contribution in [0.2, 0.25) is 0 Å². The third kappa shape index (κ3) is 2.88. The summed E-state index contributed by atoms with van der Waals surface area (Å²) in [5.41, 5.74) is 0.822. The SMILES string of the molecule is COC1CCN(S(=O)(=O)c2cc(CCl)n(C(C)C)c2)C1.